The Morgan fingerprint density at radius 2 is 1.50 bits per heavy atom. The van der Waals surface area contributed by atoms with E-state index >= 15 is 0 Å². The lowest BCUT2D eigenvalue weighted by Gasteiger charge is -2.45. The fourth-order valence-corrected chi connectivity index (χ4v) is 5.60. The maximum Gasteiger partial charge on any atom is 0.303 e. The highest BCUT2D eigenvalue weighted by Crippen LogP contribution is 2.42. The number of benzene rings is 2. The van der Waals surface area contributed by atoms with Gasteiger partial charge in [0, 0.05) is 39.7 Å². The number of aryl methyl sites for hydroxylation is 1. The van der Waals surface area contributed by atoms with Gasteiger partial charge in [-0.05, 0) is 41.7 Å². The molecule has 6 atom stereocenters. The third-order valence-electron chi connectivity index (χ3n) is 7.66. The van der Waals surface area contributed by atoms with Gasteiger partial charge in [-0.1, -0.05) is 31.2 Å². The highest BCUT2D eigenvalue weighted by Gasteiger charge is 2.53. The van der Waals surface area contributed by atoms with Gasteiger partial charge in [-0.2, -0.15) is 5.26 Å². The molecule has 2 aromatic carbocycles. The van der Waals surface area contributed by atoms with Crippen molar-refractivity contribution in [3.8, 4) is 11.8 Å². The SMILES string of the molecule is CCc1ccc(Cc2cc([C@@H]3O[C@H](COC(C)=O)[C@@H](OC(C)=O)[C@H](OC(C)=O)[C@H]3OC(C)=O)c(O[C@H]3CCOC3)cc2C#N)cc1. The maximum atomic E-state index is 12.5. The van der Waals surface area contributed by atoms with Crippen LogP contribution in [-0.2, 0) is 60.4 Å². The summed E-state index contributed by atoms with van der Waals surface area (Å²) < 4.78 is 40.5. The van der Waals surface area contributed by atoms with Gasteiger partial charge in [-0.15, -0.1) is 0 Å². The predicted octanol–water partition coefficient (Wildman–Crippen LogP) is 3.68. The first-order valence-electron chi connectivity index (χ1n) is 15.2. The van der Waals surface area contributed by atoms with E-state index in [1.807, 2.05) is 24.3 Å². The van der Waals surface area contributed by atoms with Crippen molar-refractivity contribution < 1.29 is 52.3 Å². The fraction of sp³-hybridized carbons (Fsp3) is 0.500. The standard InChI is InChI=1S/C34H39NO11/c1-6-23-7-9-24(10-8-23)13-25-14-28(29(15-26(25)16-35)45-27-11-12-40-17-27)31-33(43-21(4)38)34(44-22(5)39)32(42-20(3)37)30(46-31)18-41-19(2)36/h7-10,14-15,27,30-34H,6,11-13,17-18H2,1-5H3/t27-,30+,31-,32+,33-,34-/m0/s1. The normalized spacial score (nSPS) is 23.9. The van der Waals surface area contributed by atoms with E-state index in [0.717, 1.165) is 18.9 Å². The molecule has 0 amide bonds. The van der Waals surface area contributed by atoms with Crippen molar-refractivity contribution in [2.24, 2.45) is 0 Å². The molecule has 2 aromatic rings. The molecule has 2 saturated heterocycles. The summed E-state index contributed by atoms with van der Waals surface area (Å²) in [5.41, 5.74) is 3.53. The lowest BCUT2D eigenvalue weighted by Crippen LogP contribution is -2.59. The van der Waals surface area contributed by atoms with Gasteiger partial charge >= 0.3 is 23.9 Å². The Bertz CT molecular complexity index is 1460. The Balaban J connectivity index is 1.88. The van der Waals surface area contributed by atoms with E-state index in [0.29, 0.717) is 42.7 Å². The molecule has 0 unspecified atom stereocenters. The second kappa shape index (κ2) is 15.7. The van der Waals surface area contributed by atoms with Gasteiger partial charge in [-0.3, -0.25) is 19.2 Å². The van der Waals surface area contributed by atoms with E-state index < -0.39 is 54.4 Å². The Kier molecular flexibility index (Phi) is 11.7. The number of nitriles is 1. The van der Waals surface area contributed by atoms with Crippen LogP contribution in [0.5, 0.6) is 5.75 Å². The minimum atomic E-state index is -1.35. The first-order chi connectivity index (χ1) is 22.0. The average Bonchev–Trinajstić information content (AvgIpc) is 3.51. The number of rotatable bonds is 11. The van der Waals surface area contributed by atoms with Gasteiger partial charge in [0.2, 0.25) is 0 Å². The Morgan fingerprint density at radius 3 is 2.07 bits per heavy atom. The van der Waals surface area contributed by atoms with Crippen molar-refractivity contribution in [2.75, 3.05) is 19.8 Å². The van der Waals surface area contributed by atoms with Crippen molar-refractivity contribution in [3.05, 3.63) is 64.2 Å². The molecule has 2 aliphatic rings. The first kappa shape index (κ1) is 34.4. The third-order valence-corrected chi connectivity index (χ3v) is 7.66. The summed E-state index contributed by atoms with van der Waals surface area (Å²) in [4.78, 5) is 48.9. The van der Waals surface area contributed by atoms with E-state index in [1.54, 1.807) is 12.1 Å². The van der Waals surface area contributed by atoms with Gasteiger partial charge in [0.1, 0.15) is 30.7 Å². The van der Waals surface area contributed by atoms with Gasteiger partial charge in [0.15, 0.2) is 18.3 Å². The zero-order valence-corrected chi connectivity index (χ0v) is 26.6. The van der Waals surface area contributed by atoms with Gasteiger partial charge in [-0.25, -0.2) is 0 Å². The van der Waals surface area contributed by atoms with Crippen molar-refractivity contribution in [1.29, 1.82) is 5.26 Å². The van der Waals surface area contributed by atoms with E-state index in [4.69, 9.17) is 33.2 Å². The van der Waals surface area contributed by atoms with Crippen molar-refractivity contribution in [1.82, 2.24) is 0 Å². The minimum Gasteiger partial charge on any atom is -0.487 e. The third kappa shape index (κ3) is 8.83. The van der Waals surface area contributed by atoms with Gasteiger partial charge in [0.25, 0.3) is 0 Å². The quantitative estimate of drug-likeness (QED) is 0.261. The molecule has 0 saturated carbocycles. The van der Waals surface area contributed by atoms with Crippen LogP contribution < -0.4 is 4.74 Å². The predicted molar refractivity (Wildman–Crippen MR) is 161 cm³/mol. The van der Waals surface area contributed by atoms with Crippen LogP contribution in [0.4, 0.5) is 0 Å². The van der Waals surface area contributed by atoms with E-state index in [1.165, 1.54) is 26.3 Å². The summed E-state index contributed by atoms with van der Waals surface area (Å²) in [6, 6.07) is 13.7. The summed E-state index contributed by atoms with van der Waals surface area (Å²) in [5, 5.41) is 10.2. The van der Waals surface area contributed by atoms with E-state index in [-0.39, 0.29) is 18.5 Å². The molecule has 46 heavy (non-hydrogen) atoms. The Labute approximate surface area is 267 Å². The van der Waals surface area contributed by atoms with Crippen molar-refractivity contribution in [3.63, 3.8) is 0 Å². The van der Waals surface area contributed by atoms with Crippen molar-refractivity contribution in [2.45, 2.75) is 90.5 Å². The number of nitrogens with zero attached hydrogens (tertiary/aromatic N) is 1. The van der Waals surface area contributed by atoms with Gasteiger partial charge < -0.3 is 33.2 Å². The number of carbonyl (C=O) groups is 4. The van der Waals surface area contributed by atoms with Crippen LogP contribution in [0, 0.1) is 11.3 Å². The zero-order chi connectivity index (χ0) is 33.4. The molecule has 2 fully saturated rings. The number of hydrogen-bond donors (Lipinski definition) is 0. The summed E-state index contributed by atoms with van der Waals surface area (Å²) >= 11 is 0. The summed E-state index contributed by atoms with van der Waals surface area (Å²) in [6.07, 6.45) is -4.76. The maximum absolute atomic E-state index is 12.5. The van der Waals surface area contributed by atoms with Crippen molar-refractivity contribution >= 4 is 23.9 Å². The highest BCUT2D eigenvalue weighted by atomic mass is 16.7. The number of carbonyl (C=O) groups excluding carboxylic acids is 4. The smallest absolute Gasteiger partial charge is 0.303 e. The molecule has 0 spiro atoms. The highest BCUT2D eigenvalue weighted by molar-refractivity contribution is 5.69. The Morgan fingerprint density at radius 1 is 0.870 bits per heavy atom. The molecule has 12 nitrogen and oxygen atoms in total. The number of hydrogen-bond acceptors (Lipinski definition) is 12. The molecule has 2 heterocycles. The molecule has 0 N–H and O–H groups in total. The zero-order valence-electron chi connectivity index (χ0n) is 26.6. The second-order valence-electron chi connectivity index (χ2n) is 11.2. The lowest BCUT2D eigenvalue weighted by molar-refractivity contribution is -0.254. The molecule has 0 aliphatic carbocycles. The fourth-order valence-electron chi connectivity index (χ4n) is 5.60. The van der Waals surface area contributed by atoms with Crippen LogP contribution in [0.3, 0.4) is 0 Å². The number of ether oxygens (including phenoxy) is 7. The molecule has 0 radical (unpaired) electrons. The lowest BCUT2D eigenvalue weighted by atomic mass is 9.87. The van der Waals surface area contributed by atoms with Crippen LogP contribution >= 0.6 is 0 Å². The molecule has 2 aliphatic heterocycles. The molecular formula is C34H39NO11. The van der Waals surface area contributed by atoms with E-state index in [2.05, 4.69) is 13.0 Å². The van der Waals surface area contributed by atoms with Crippen LogP contribution in [-0.4, -0.2) is 74.2 Å². The summed E-state index contributed by atoms with van der Waals surface area (Å²) in [7, 11) is 0. The Hall–Kier alpha value is -4.47. The van der Waals surface area contributed by atoms with Crippen LogP contribution in [0.15, 0.2) is 36.4 Å². The first-order valence-corrected chi connectivity index (χ1v) is 15.2. The molecule has 4 rings (SSSR count). The van der Waals surface area contributed by atoms with E-state index in [9.17, 15) is 24.4 Å². The second-order valence-corrected chi connectivity index (χ2v) is 11.2. The molecular weight excluding hydrogens is 598 g/mol. The van der Waals surface area contributed by atoms with Gasteiger partial charge in [0.05, 0.1) is 24.8 Å². The van der Waals surface area contributed by atoms with Crippen LogP contribution in [0.2, 0.25) is 0 Å². The largest absolute Gasteiger partial charge is 0.487 e. The molecule has 12 heteroatoms. The van der Waals surface area contributed by atoms with Crippen LogP contribution in [0.1, 0.15) is 75.0 Å². The summed E-state index contributed by atoms with van der Waals surface area (Å²) in [6.45, 7) is 7.24. The average molecular weight is 638 g/mol. The number of esters is 4. The monoisotopic (exact) mass is 637 g/mol. The molecule has 246 valence electrons. The molecule has 0 aromatic heterocycles. The van der Waals surface area contributed by atoms with Crippen LogP contribution in [0.25, 0.3) is 0 Å². The summed E-state index contributed by atoms with van der Waals surface area (Å²) in [5.74, 6) is -2.52. The minimum absolute atomic E-state index is 0.276. The molecule has 0 bridgehead atoms. The topological polar surface area (TPSA) is 157 Å².